The van der Waals surface area contributed by atoms with Crippen molar-refractivity contribution in [1.82, 2.24) is 0 Å². The summed E-state index contributed by atoms with van der Waals surface area (Å²) in [6.07, 6.45) is 4.48. The highest BCUT2D eigenvalue weighted by Crippen LogP contribution is 2.25. The fourth-order valence-electron chi connectivity index (χ4n) is 1.08. The Morgan fingerprint density at radius 2 is 1.19 bits per heavy atom. The van der Waals surface area contributed by atoms with E-state index in [1.165, 1.54) is 21.6 Å². The quantitative estimate of drug-likeness (QED) is 0.246. The SMILES string of the molecule is COC(=S)SSCCCCOCCCCSSC(=S)OC. The molecule has 0 aromatic carbocycles. The van der Waals surface area contributed by atoms with Gasteiger partial charge in [-0.05, 0) is 71.7 Å². The maximum atomic E-state index is 5.60. The van der Waals surface area contributed by atoms with E-state index in [4.69, 9.17) is 38.6 Å². The molecule has 0 heterocycles. The van der Waals surface area contributed by atoms with Gasteiger partial charge in [-0.1, -0.05) is 21.6 Å². The Bertz CT molecular complexity index is 252. The molecule has 0 atom stereocenters. The zero-order chi connectivity index (χ0) is 15.8. The second-order valence-electron chi connectivity index (χ2n) is 3.75. The molecule has 0 bridgehead atoms. The molecule has 0 rings (SSSR count). The first-order valence-corrected chi connectivity index (χ1v) is 12.0. The van der Waals surface area contributed by atoms with Crippen molar-refractivity contribution in [2.24, 2.45) is 0 Å². The first kappa shape index (κ1) is 22.1. The van der Waals surface area contributed by atoms with Crippen LogP contribution < -0.4 is 0 Å². The number of thiocarbonyl (C=S) groups is 2. The van der Waals surface area contributed by atoms with Crippen molar-refractivity contribution in [3.05, 3.63) is 0 Å². The average molecular weight is 407 g/mol. The lowest BCUT2D eigenvalue weighted by Gasteiger charge is -2.04. The highest BCUT2D eigenvalue weighted by molar-refractivity contribution is 8.83. The molecule has 0 aromatic rings. The van der Waals surface area contributed by atoms with Crippen LogP contribution in [0.3, 0.4) is 0 Å². The molecule has 0 spiro atoms. The summed E-state index contributed by atoms with van der Waals surface area (Å²) in [5.41, 5.74) is 0. The normalized spacial score (nSPS) is 10.4. The van der Waals surface area contributed by atoms with Gasteiger partial charge in [0.25, 0.3) is 0 Å². The second-order valence-corrected chi connectivity index (χ2v) is 9.78. The van der Waals surface area contributed by atoms with Gasteiger partial charge in [0.05, 0.1) is 14.2 Å². The lowest BCUT2D eigenvalue weighted by molar-refractivity contribution is 0.129. The summed E-state index contributed by atoms with van der Waals surface area (Å²) in [7, 11) is 9.73. The van der Waals surface area contributed by atoms with Crippen LogP contribution in [0.4, 0.5) is 0 Å². The van der Waals surface area contributed by atoms with Crippen LogP contribution in [0, 0.1) is 0 Å². The summed E-state index contributed by atoms with van der Waals surface area (Å²) >= 11 is 9.87. The van der Waals surface area contributed by atoms with Gasteiger partial charge < -0.3 is 14.2 Å². The predicted octanol–water partition coefficient (Wildman–Crippen LogP) is 5.19. The number of ether oxygens (including phenoxy) is 3. The van der Waals surface area contributed by atoms with E-state index in [1.54, 1.807) is 35.8 Å². The average Bonchev–Trinajstić information content (AvgIpc) is 2.51. The van der Waals surface area contributed by atoms with Gasteiger partial charge in [0.15, 0.2) is 0 Å². The summed E-state index contributed by atoms with van der Waals surface area (Å²) in [4.78, 5) is 0. The Balaban J connectivity index is 3.06. The van der Waals surface area contributed by atoms with Crippen molar-refractivity contribution in [3.63, 3.8) is 0 Å². The van der Waals surface area contributed by atoms with E-state index >= 15 is 0 Å². The largest absolute Gasteiger partial charge is 0.481 e. The molecular weight excluding hydrogens is 385 g/mol. The minimum absolute atomic E-state index is 0.596. The molecule has 0 fully saturated rings. The summed E-state index contributed by atoms with van der Waals surface area (Å²) in [6.45, 7) is 1.69. The summed E-state index contributed by atoms with van der Waals surface area (Å²) in [6, 6.07) is 0. The van der Waals surface area contributed by atoms with Crippen LogP contribution in [0.2, 0.25) is 0 Å². The molecule has 0 saturated carbocycles. The van der Waals surface area contributed by atoms with Gasteiger partial charge in [-0.3, -0.25) is 0 Å². The molecular formula is C12H22O3S6. The van der Waals surface area contributed by atoms with Crippen LogP contribution in [0.15, 0.2) is 0 Å². The predicted molar refractivity (Wildman–Crippen MR) is 109 cm³/mol. The van der Waals surface area contributed by atoms with Crippen LogP contribution in [0.25, 0.3) is 0 Å². The molecule has 0 aliphatic heterocycles. The minimum atomic E-state index is 0.596. The van der Waals surface area contributed by atoms with E-state index < -0.39 is 0 Å². The maximum Gasteiger partial charge on any atom is 0.230 e. The van der Waals surface area contributed by atoms with E-state index in [9.17, 15) is 0 Å². The molecule has 0 amide bonds. The highest BCUT2D eigenvalue weighted by atomic mass is 33.1. The van der Waals surface area contributed by atoms with E-state index in [2.05, 4.69) is 0 Å². The lowest BCUT2D eigenvalue weighted by atomic mass is 10.3. The summed E-state index contributed by atoms with van der Waals surface area (Å²) in [5.74, 6) is 2.15. The molecule has 3 nitrogen and oxygen atoms in total. The molecule has 0 N–H and O–H groups in total. The fourth-order valence-corrected chi connectivity index (χ4v) is 5.28. The molecule has 0 aliphatic carbocycles. The summed E-state index contributed by atoms with van der Waals surface area (Å²) < 4.78 is 16.6. The standard InChI is InChI=1S/C12H22O3S6/c1-13-11(16)20-18-9-5-3-7-15-8-4-6-10-19-21-12(17)14-2/h3-10H2,1-2H3. The van der Waals surface area contributed by atoms with Crippen molar-refractivity contribution in [1.29, 1.82) is 0 Å². The van der Waals surface area contributed by atoms with Crippen LogP contribution >= 0.6 is 67.6 Å². The van der Waals surface area contributed by atoms with Crippen molar-refractivity contribution in [2.75, 3.05) is 38.9 Å². The molecule has 0 unspecified atom stereocenters. The lowest BCUT2D eigenvalue weighted by Crippen LogP contribution is -1.98. The second kappa shape index (κ2) is 17.5. The smallest absolute Gasteiger partial charge is 0.230 e. The van der Waals surface area contributed by atoms with Gasteiger partial charge in [-0.15, -0.1) is 0 Å². The third kappa shape index (κ3) is 17.3. The monoisotopic (exact) mass is 406 g/mol. The van der Waals surface area contributed by atoms with Gasteiger partial charge in [0.2, 0.25) is 8.77 Å². The highest BCUT2D eigenvalue weighted by Gasteiger charge is 1.98. The number of hydrogen-bond acceptors (Lipinski definition) is 9. The third-order valence-electron chi connectivity index (χ3n) is 2.12. The zero-order valence-electron chi connectivity index (χ0n) is 12.3. The first-order valence-electron chi connectivity index (χ1n) is 6.53. The van der Waals surface area contributed by atoms with Gasteiger partial charge in [0, 0.05) is 24.7 Å². The first-order chi connectivity index (χ1) is 10.2. The van der Waals surface area contributed by atoms with Gasteiger partial charge in [-0.25, -0.2) is 0 Å². The molecule has 0 radical (unpaired) electrons. The van der Waals surface area contributed by atoms with Gasteiger partial charge in [0.1, 0.15) is 0 Å². The maximum absolute atomic E-state index is 5.60. The van der Waals surface area contributed by atoms with Crippen LogP contribution in [-0.4, -0.2) is 47.7 Å². The fraction of sp³-hybridized carbons (Fsp3) is 0.833. The topological polar surface area (TPSA) is 27.7 Å². The van der Waals surface area contributed by atoms with Crippen LogP contribution in [-0.2, 0) is 14.2 Å². The van der Waals surface area contributed by atoms with Crippen molar-refractivity contribution < 1.29 is 14.2 Å². The Hall–Kier alpha value is 1.14. The van der Waals surface area contributed by atoms with E-state index in [0.29, 0.717) is 8.77 Å². The van der Waals surface area contributed by atoms with Gasteiger partial charge >= 0.3 is 0 Å². The number of methoxy groups -OCH3 is 2. The molecule has 0 aromatic heterocycles. The number of hydrogen-bond donors (Lipinski definition) is 0. The molecule has 9 heteroatoms. The number of rotatable bonds is 12. The Labute approximate surface area is 154 Å². The molecule has 0 saturated heterocycles. The van der Waals surface area contributed by atoms with Crippen molar-refractivity contribution in [3.8, 4) is 0 Å². The molecule has 0 aliphatic rings. The Morgan fingerprint density at radius 3 is 1.57 bits per heavy atom. The number of unbranched alkanes of at least 4 members (excludes halogenated alkanes) is 2. The Kier molecular flexibility index (Phi) is 18.4. The van der Waals surface area contributed by atoms with E-state index in [1.807, 2.05) is 0 Å². The van der Waals surface area contributed by atoms with Crippen molar-refractivity contribution >= 4 is 76.4 Å². The third-order valence-corrected chi connectivity index (χ3v) is 7.95. The van der Waals surface area contributed by atoms with Crippen LogP contribution in [0.1, 0.15) is 25.7 Å². The van der Waals surface area contributed by atoms with Crippen molar-refractivity contribution in [2.45, 2.75) is 25.7 Å². The van der Waals surface area contributed by atoms with Crippen LogP contribution in [0.5, 0.6) is 0 Å². The molecule has 21 heavy (non-hydrogen) atoms. The van der Waals surface area contributed by atoms with Gasteiger partial charge in [-0.2, -0.15) is 0 Å². The zero-order valence-corrected chi connectivity index (χ0v) is 17.2. The van der Waals surface area contributed by atoms with E-state index in [0.717, 1.165) is 50.4 Å². The van der Waals surface area contributed by atoms with E-state index in [-0.39, 0.29) is 0 Å². The molecule has 124 valence electrons. The minimum Gasteiger partial charge on any atom is -0.481 e. The summed E-state index contributed by atoms with van der Waals surface area (Å²) in [5, 5.41) is 0. The Morgan fingerprint density at radius 1 is 0.762 bits per heavy atom.